The van der Waals surface area contributed by atoms with E-state index in [1.165, 1.54) is 52.6 Å². The van der Waals surface area contributed by atoms with Gasteiger partial charge >= 0.3 is 11.9 Å². The number of hydrogen-bond acceptors (Lipinski definition) is 24. The topological polar surface area (TPSA) is 652 Å². The molecule has 0 unspecified atom stereocenters. The van der Waals surface area contributed by atoms with E-state index in [0.29, 0.717) is 63.5 Å². The van der Waals surface area contributed by atoms with Crippen LogP contribution in [0.15, 0.2) is 97.7 Å². The van der Waals surface area contributed by atoms with Crippen LogP contribution in [0.2, 0.25) is 0 Å². The van der Waals surface area contributed by atoms with Gasteiger partial charge in [-0.3, -0.25) is 86.3 Å². The van der Waals surface area contributed by atoms with Gasteiger partial charge < -0.3 is 130 Å². The normalized spacial score (nSPS) is 24.6. The molecular weight excluding hydrogens is 1790 g/mol. The number of H-pyrrole nitrogens is 3. The fraction of sp³-hybridized carbons (Fsp3) is 0.527. The van der Waals surface area contributed by atoms with Crippen LogP contribution in [0.1, 0.15) is 139 Å². The number of benzene rings is 3. The third kappa shape index (κ3) is 29.2. The molecule has 3 aromatic heterocycles. The lowest BCUT2D eigenvalue weighted by atomic mass is 9.99. The summed E-state index contributed by atoms with van der Waals surface area (Å²) in [6.45, 7) is 3.13. The summed E-state index contributed by atoms with van der Waals surface area (Å²) in [4.78, 5) is 281. The average Bonchev–Trinajstić information content (AvgIpc) is 1.58. The summed E-state index contributed by atoms with van der Waals surface area (Å²) < 4.78 is 5.34. The highest BCUT2D eigenvalue weighted by atomic mass is 32.2. The van der Waals surface area contributed by atoms with E-state index in [1.54, 1.807) is 92.1 Å². The number of nitrogens with zero attached hydrogens (tertiary/aromatic N) is 6. The first-order valence-corrected chi connectivity index (χ1v) is 46.6. The number of rotatable bonds is 28. The zero-order chi connectivity index (χ0) is 99.1. The van der Waals surface area contributed by atoms with Gasteiger partial charge in [-0.15, -0.1) is 11.8 Å². The maximum atomic E-state index is 15.8. The number of methoxy groups -OCH3 is 1. The predicted molar refractivity (Wildman–Crippen MR) is 496 cm³/mol. The van der Waals surface area contributed by atoms with Crippen molar-refractivity contribution in [3.8, 4) is 5.75 Å². The maximum Gasteiger partial charge on any atom is 0.303 e. The van der Waals surface area contributed by atoms with Crippen molar-refractivity contribution in [3.05, 3.63) is 120 Å². The first-order valence-electron chi connectivity index (χ1n) is 45.5. The minimum Gasteiger partial charge on any atom is -0.497 e. The lowest BCUT2D eigenvalue weighted by Gasteiger charge is -2.36. The molecule has 3 aliphatic rings. The predicted octanol–water partition coefficient (Wildman–Crippen LogP) is -2.38. The summed E-state index contributed by atoms with van der Waals surface area (Å²) in [7, 11) is 5.34. The minimum absolute atomic E-state index is 0.0120. The van der Waals surface area contributed by atoms with Gasteiger partial charge in [0.2, 0.25) is 94.5 Å². The van der Waals surface area contributed by atoms with Crippen LogP contribution in [-0.2, 0) is 112 Å². The Morgan fingerprint density at radius 3 is 1.60 bits per heavy atom. The first kappa shape index (κ1) is 106. The van der Waals surface area contributed by atoms with E-state index >= 15 is 38.4 Å². The van der Waals surface area contributed by atoms with Gasteiger partial charge in [0, 0.05) is 131 Å². The zero-order valence-electron chi connectivity index (χ0n) is 77.2. The second-order valence-electron chi connectivity index (χ2n) is 34.2. The third-order valence-corrected chi connectivity index (χ3v) is 25.5. The maximum absolute atomic E-state index is 15.8. The van der Waals surface area contributed by atoms with Crippen LogP contribution in [0.3, 0.4) is 0 Å². The van der Waals surface area contributed by atoms with Crippen molar-refractivity contribution in [2.24, 2.45) is 17.2 Å². The number of unbranched alkanes of at least 4 members (excludes halogenated alkanes) is 2. The number of fused-ring (bicyclic) bond motifs is 4. The third-order valence-electron chi connectivity index (χ3n) is 24.5. The summed E-state index contributed by atoms with van der Waals surface area (Å²) in [5, 5.41) is 59.3. The molecule has 0 saturated carbocycles. The number of aromatic amines is 3. The SMILES string of the molecule is CCCC[C@H]1C(=O)N(C)[C@@H](CCCC)C(=O)N[C@@H](CCC(=O)O)C(=O)N[C@H](C(=O)NCC(N)=O)CSCC(=O)N[C@@H](Cc2ccc(OC)cc2)C(=O)N(C)[C@@H](C)C(=O)N[C@H](CCN)C(=O)N2CCC[C@H]2C(=O)N[C@@H](Cc2cnc[nH]2)C(=O)N[C@@H](CCC(=O)O)C(=O)N2C[C@H](O)C[C@H]2C(=O)N[C@@H](Cc2c[nH]c3ccccc23)C(=O)N[C@@H](CCN)C(=O)N[C@@H](Cc2c[nH]c3ccccc23)C(=O)N1C. The van der Waals surface area contributed by atoms with Gasteiger partial charge in [0.25, 0.3) is 0 Å². The number of primary amides is 1. The van der Waals surface area contributed by atoms with Crippen LogP contribution in [-0.4, -0.2) is 329 Å². The molecule has 15 atom stereocenters. The fourth-order valence-electron chi connectivity index (χ4n) is 16.8. The number of likely N-dealkylation sites (N-methyl/N-ethyl adjacent to an activating group) is 3. The molecule has 738 valence electrons. The van der Waals surface area contributed by atoms with Gasteiger partial charge in [-0.05, 0) is 112 Å². The van der Waals surface area contributed by atoms with Crippen molar-refractivity contribution in [1.29, 1.82) is 0 Å². The van der Waals surface area contributed by atoms with Gasteiger partial charge in [0.15, 0.2) is 0 Å². The van der Waals surface area contributed by atoms with Crippen LogP contribution in [0.4, 0.5) is 0 Å². The number of aliphatic hydroxyl groups is 1. The van der Waals surface area contributed by atoms with Crippen molar-refractivity contribution in [3.63, 3.8) is 0 Å². The van der Waals surface area contributed by atoms with Crippen LogP contribution < -0.4 is 75.1 Å². The van der Waals surface area contributed by atoms with E-state index in [1.807, 2.05) is 6.92 Å². The lowest BCUT2D eigenvalue weighted by molar-refractivity contribution is -0.149. The Balaban J connectivity index is 1.11. The second kappa shape index (κ2) is 51.2. The number of thioether (sulfide) groups is 1. The van der Waals surface area contributed by atoms with Crippen molar-refractivity contribution < 1.29 is 106 Å². The number of carboxylic acid groups (broad SMARTS) is 2. The highest BCUT2D eigenvalue weighted by molar-refractivity contribution is 8.00. The Morgan fingerprint density at radius 2 is 1.01 bits per heavy atom. The van der Waals surface area contributed by atoms with E-state index in [4.69, 9.17) is 21.9 Å². The molecule has 45 heteroatoms. The molecule has 0 radical (unpaired) electrons. The van der Waals surface area contributed by atoms with E-state index in [9.17, 15) is 63.3 Å². The van der Waals surface area contributed by atoms with E-state index < -0.39 is 254 Å². The molecule has 9 rings (SSSR count). The number of hydrogen-bond donors (Lipinski definition) is 19. The number of ether oxygens (including phenoxy) is 1. The van der Waals surface area contributed by atoms with Gasteiger partial charge in [-0.25, -0.2) is 4.98 Å². The molecule has 22 N–H and O–H groups in total. The molecule has 0 spiro atoms. The van der Waals surface area contributed by atoms with Gasteiger partial charge in [0.05, 0.1) is 31.8 Å². The highest BCUT2D eigenvalue weighted by Crippen LogP contribution is 2.28. The molecule has 3 saturated heterocycles. The van der Waals surface area contributed by atoms with Crippen LogP contribution >= 0.6 is 11.8 Å². The monoisotopic (exact) mass is 1910 g/mol. The molecule has 16 amide bonds. The quantitative estimate of drug-likeness (QED) is 0.0244. The van der Waals surface area contributed by atoms with Gasteiger partial charge in [-0.1, -0.05) is 88.1 Å². The number of para-hydroxylation sites is 2. The van der Waals surface area contributed by atoms with Crippen molar-refractivity contribution >= 4 is 140 Å². The minimum atomic E-state index is -1.81. The molecule has 136 heavy (non-hydrogen) atoms. The number of nitrogens with two attached hydrogens (primary N) is 3. The number of aromatic nitrogens is 4. The lowest BCUT2D eigenvalue weighted by Crippen LogP contribution is -2.61. The standard InChI is InChI=1S/C91H126N22O22S/c1-8-10-21-70-84(127)102-61(28-30-76(117)118)80(123)108-69(79(122)98-45-74(94)115)47-136-48-75(116)100-67(37-51-24-26-56(135-7)27-25-51)87(130)109(4)50(3)78(121)103-64(33-35-93)89(132)112-36-16-23-71(112)85(128)106-66(40-54-44-95-49-99-54)83(126)104-63(29-31-77(119)120)90(133)113-46-55(114)41-73(113)86(129)105-65(38-52-42-96-59-19-14-12-17-57(52)59)82(125)101-62(32-34-92)81(124)107-68(39-53-43-97-60-20-15-13-18-58(53)60)88(131)111(6)72(22-11-9-2)91(134)110(70)5/h12-15,17-20,24-27,42-44,49-50,55,61-73,96-97,114H,8-11,16,21-23,28-41,45-48,92-93H2,1-7H3,(H2,94,115)(H,95,99)(H,98,122)(H,100,116)(H,101,125)(H,102,127)(H,103,121)(H,104,126)(H,105,129)(H,106,128)(H,107,124)(H,108,123)(H,117,118)(H,119,120)/t50-,55+,61-,62-,63-,64+,65-,66-,67-,68-,69-,70-,71-,72-,73-/m0/s1. The molecule has 44 nitrogen and oxygen atoms in total. The average molecular weight is 1910 g/mol. The van der Waals surface area contributed by atoms with Crippen LogP contribution in [0, 0.1) is 0 Å². The summed E-state index contributed by atoms with van der Waals surface area (Å²) in [5.41, 5.74) is 20.8. The summed E-state index contributed by atoms with van der Waals surface area (Å²) in [5.74, 6) is -18.6. The second-order valence-corrected chi connectivity index (χ2v) is 35.2. The summed E-state index contributed by atoms with van der Waals surface area (Å²) in [6.07, 6.45) is 1.21. The number of aliphatic hydroxyl groups excluding tert-OH is 1. The summed E-state index contributed by atoms with van der Waals surface area (Å²) >= 11 is 0.745. The number of carboxylic acids is 2. The number of imidazole rings is 1. The van der Waals surface area contributed by atoms with Gasteiger partial charge in [0.1, 0.15) is 90.3 Å². The summed E-state index contributed by atoms with van der Waals surface area (Å²) in [6, 6.07) is -1.45. The molecule has 3 aromatic carbocycles. The number of carbonyl (C=O) groups is 18. The first-order chi connectivity index (χ1) is 65.0. The van der Waals surface area contributed by atoms with E-state index in [0.717, 1.165) is 31.4 Å². The number of aliphatic carboxylic acids is 2. The molecule has 3 aliphatic heterocycles. The Labute approximate surface area is 789 Å². The van der Waals surface area contributed by atoms with Crippen LogP contribution in [0.5, 0.6) is 5.75 Å². The number of nitrogens with one attached hydrogen (secondary N) is 13. The molecule has 0 aliphatic carbocycles. The smallest absolute Gasteiger partial charge is 0.303 e. The zero-order valence-corrected chi connectivity index (χ0v) is 78.0. The molecular formula is C91H126N22O22S. The van der Waals surface area contributed by atoms with E-state index in [2.05, 4.69) is 73.1 Å². The number of carbonyl (C=O) groups excluding carboxylic acids is 16. The van der Waals surface area contributed by atoms with Crippen molar-refractivity contribution in [2.75, 3.05) is 72.5 Å². The molecule has 0 bridgehead atoms. The Morgan fingerprint density at radius 1 is 0.522 bits per heavy atom. The van der Waals surface area contributed by atoms with Crippen LogP contribution in [0.25, 0.3) is 21.8 Å². The van der Waals surface area contributed by atoms with Crippen molar-refractivity contribution in [2.45, 2.75) is 233 Å². The van der Waals surface area contributed by atoms with Crippen molar-refractivity contribution in [1.82, 2.24) is 97.6 Å². The molecule has 6 aromatic rings. The fourth-order valence-corrected chi connectivity index (χ4v) is 17.6. The Hall–Kier alpha value is -13.6. The Bertz CT molecular complexity index is 5230. The number of amides is 16. The highest BCUT2D eigenvalue weighted by Gasteiger charge is 2.47. The molecule has 3 fully saturated rings. The van der Waals surface area contributed by atoms with E-state index in [-0.39, 0.29) is 96.0 Å². The largest absolute Gasteiger partial charge is 0.497 e. The molecule has 6 heterocycles. The van der Waals surface area contributed by atoms with Gasteiger partial charge in [-0.2, -0.15) is 0 Å². The Kier molecular flexibility index (Phi) is 40.0.